The third kappa shape index (κ3) is 6.04. The van der Waals surface area contributed by atoms with E-state index in [1.165, 1.54) is 6.33 Å². The minimum atomic E-state index is -3.86. The highest BCUT2D eigenvalue weighted by Gasteiger charge is 2.36. The molecule has 0 saturated carbocycles. The summed E-state index contributed by atoms with van der Waals surface area (Å²) >= 11 is 0. The molecule has 1 unspecified atom stereocenters. The molecule has 0 bridgehead atoms. The number of aromatic amines is 1. The Hall–Kier alpha value is -3.73. The Morgan fingerprint density at radius 2 is 1.98 bits per heavy atom. The summed E-state index contributed by atoms with van der Waals surface area (Å²) < 4.78 is 39.3. The first kappa shape index (κ1) is 27.8. The number of carbonyl (C=O) groups excluding carboxylic acids is 1. The number of ether oxygens (including phenoxy) is 2. The first-order valence-electron chi connectivity index (χ1n) is 13.1. The minimum Gasteiger partial charge on any atom is -0.463 e. The molecule has 4 aromatic rings. The van der Waals surface area contributed by atoms with Crippen LogP contribution >= 0.6 is 7.60 Å². The first-order chi connectivity index (χ1) is 19.1. The highest BCUT2D eigenvalue weighted by atomic mass is 31.2. The Bertz CT molecular complexity index is 1630. The molecule has 5 rings (SSSR count). The second kappa shape index (κ2) is 11.4. The molecule has 13 heteroatoms. The molecule has 212 valence electrons. The molecule has 2 aromatic carbocycles. The molecule has 1 fully saturated rings. The van der Waals surface area contributed by atoms with E-state index in [0.717, 1.165) is 10.8 Å². The van der Waals surface area contributed by atoms with Crippen LogP contribution in [0.25, 0.3) is 21.9 Å². The van der Waals surface area contributed by atoms with Crippen LogP contribution in [0, 0.1) is 5.92 Å². The number of rotatable bonds is 10. The number of hydrogen-bond acceptors (Lipinski definition) is 10. The number of fused-ring (bicyclic) bond motifs is 2. The van der Waals surface area contributed by atoms with Gasteiger partial charge in [-0.2, -0.15) is 4.98 Å². The third-order valence-corrected chi connectivity index (χ3v) is 8.55. The zero-order valence-electron chi connectivity index (χ0n) is 22.5. The lowest BCUT2D eigenvalue weighted by Gasteiger charge is -2.24. The van der Waals surface area contributed by atoms with Gasteiger partial charge < -0.3 is 19.7 Å². The zero-order chi connectivity index (χ0) is 28.4. The van der Waals surface area contributed by atoms with E-state index in [2.05, 4.69) is 15.0 Å². The quantitative estimate of drug-likeness (QED) is 0.207. The second-order valence-electron chi connectivity index (χ2n) is 10.1. The van der Waals surface area contributed by atoms with E-state index < -0.39 is 37.4 Å². The van der Waals surface area contributed by atoms with Gasteiger partial charge in [0.25, 0.3) is 5.56 Å². The average molecular weight is 570 g/mol. The monoisotopic (exact) mass is 569 g/mol. The molecule has 3 heterocycles. The van der Waals surface area contributed by atoms with Crippen LogP contribution in [-0.4, -0.2) is 50.5 Å². The first-order valence-corrected chi connectivity index (χ1v) is 14.8. The van der Waals surface area contributed by atoms with Gasteiger partial charge >= 0.3 is 13.6 Å². The summed E-state index contributed by atoms with van der Waals surface area (Å²) in [7, 11) is -3.86. The number of nitrogen functional groups attached to an aromatic ring is 1. The number of imidazole rings is 1. The maximum Gasteiger partial charge on any atom is 0.380 e. The molecular formula is C27H32N5O7P. The van der Waals surface area contributed by atoms with E-state index in [0.29, 0.717) is 24.2 Å². The molecule has 2 aromatic heterocycles. The summed E-state index contributed by atoms with van der Waals surface area (Å²) in [5.74, 6) is -0.831. The second-order valence-corrected chi connectivity index (χ2v) is 12.1. The lowest BCUT2D eigenvalue weighted by Crippen LogP contribution is -2.24. The van der Waals surface area contributed by atoms with Crippen molar-refractivity contribution in [3.63, 3.8) is 0 Å². The number of hydrogen-bond donors (Lipinski definition) is 2. The van der Waals surface area contributed by atoms with Crippen molar-refractivity contribution in [1.82, 2.24) is 19.5 Å². The number of nitrogens with two attached hydrogens (primary N) is 1. The van der Waals surface area contributed by atoms with Crippen molar-refractivity contribution in [1.29, 1.82) is 0 Å². The fourth-order valence-electron chi connectivity index (χ4n) is 4.66. The maximum atomic E-state index is 14.2. The topological polar surface area (TPSA) is 161 Å². The van der Waals surface area contributed by atoms with Crippen molar-refractivity contribution >= 4 is 41.4 Å². The van der Waals surface area contributed by atoms with Crippen LogP contribution in [0.5, 0.6) is 5.75 Å². The van der Waals surface area contributed by atoms with Crippen LogP contribution in [0.15, 0.2) is 53.6 Å². The normalized spacial score (nSPS) is 19.6. The van der Waals surface area contributed by atoms with Gasteiger partial charge in [0.2, 0.25) is 5.95 Å². The summed E-state index contributed by atoms with van der Waals surface area (Å²) in [5, 5.41) is 1.69. The van der Waals surface area contributed by atoms with Gasteiger partial charge in [-0.25, -0.2) is 9.55 Å². The standard InChI is InChI=1S/C27H32N5O7P/c1-16(2)37-26(34)17(3)14-40(35,39-21-10-6-8-18-7-4-5-9-20(18)21)36-13-19-11-12-22(38-19)32-15-29-23-24(32)30-27(28)31-25(23)33/h4-10,15-17,19,22H,11-14H2,1-3H3,(H3,28,30,31,33)/t17-,19+,22-,40?/m1/s1. The predicted octanol–water partition coefficient (Wildman–Crippen LogP) is 4.41. The summed E-state index contributed by atoms with van der Waals surface area (Å²) in [5.41, 5.74) is 5.75. The summed E-state index contributed by atoms with van der Waals surface area (Å²) in [6, 6.07) is 13.0. The van der Waals surface area contributed by atoms with Crippen molar-refractivity contribution in [2.75, 3.05) is 18.5 Å². The van der Waals surface area contributed by atoms with Crippen molar-refractivity contribution in [3.8, 4) is 5.75 Å². The summed E-state index contributed by atoms with van der Waals surface area (Å²) in [4.78, 5) is 35.5. The van der Waals surface area contributed by atoms with Crippen molar-refractivity contribution in [3.05, 3.63) is 59.1 Å². The molecule has 40 heavy (non-hydrogen) atoms. The van der Waals surface area contributed by atoms with Gasteiger partial charge in [-0.05, 0) is 38.1 Å². The van der Waals surface area contributed by atoms with E-state index in [9.17, 15) is 14.2 Å². The molecular weight excluding hydrogens is 537 g/mol. The molecule has 0 spiro atoms. The van der Waals surface area contributed by atoms with Crippen LogP contribution in [0.2, 0.25) is 0 Å². The Labute approximate surface area is 230 Å². The van der Waals surface area contributed by atoms with Gasteiger partial charge in [-0.1, -0.05) is 43.3 Å². The van der Waals surface area contributed by atoms with Crippen LogP contribution in [0.3, 0.4) is 0 Å². The van der Waals surface area contributed by atoms with Gasteiger partial charge in [0.05, 0.1) is 37.2 Å². The number of esters is 1. The lowest BCUT2D eigenvalue weighted by atomic mass is 10.1. The van der Waals surface area contributed by atoms with Gasteiger partial charge in [-0.15, -0.1) is 0 Å². The molecule has 1 saturated heterocycles. The number of benzene rings is 2. The number of nitrogens with one attached hydrogen (secondary N) is 1. The van der Waals surface area contributed by atoms with E-state index in [4.69, 9.17) is 24.3 Å². The molecule has 1 aliphatic heterocycles. The van der Waals surface area contributed by atoms with Crippen LogP contribution in [0.4, 0.5) is 5.95 Å². The van der Waals surface area contributed by atoms with Crippen molar-refractivity contribution in [2.45, 2.75) is 52.0 Å². The smallest absolute Gasteiger partial charge is 0.380 e. The highest BCUT2D eigenvalue weighted by Crippen LogP contribution is 2.52. The number of anilines is 1. The number of aromatic nitrogens is 4. The zero-order valence-corrected chi connectivity index (χ0v) is 23.4. The molecule has 0 aliphatic carbocycles. The number of nitrogens with zero attached hydrogens (tertiary/aromatic N) is 3. The van der Waals surface area contributed by atoms with Crippen LogP contribution in [-0.2, 0) is 23.4 Å². The Balaban J connectivity index is 1.33. The molecule has 3 N–H and O–H groups in total. The average Bonchev–Trinajstić information content (AvgIpc) is 3.54. The molecule has 1 aliphatic rings. The summed E-state index contributed by atoms with van der Waals surface area (Å²) in [6.07, 6.45) is 1.28. The maximum absolute atomic E-state index is 14.2. The van der Waals surface area contributed by atoms with E-state index in [1.54, 1.807) is 31.4 Å². The van der Waals surface area contributed by atoms with Crippen molar-refractivity contribution in [2.24, 2.45) is 5.92 Å². The van der Waals surface area contributed by atoms with Gasteiger partial charge in [0, 0.05) is 5.39 Å². The molecule has 4 atom stereocenters. The van der Waals surface area contributed by atoms with Crippen LogP contribution < -0.4 is 15.8 Å². The Morgan fingerprint density at radius 3 is 2.77 bits per heavy atom. The third-order valence-electron chi connectivity index (χ3n) is 6.54. The van der Waals surface area contributed by atoms with Gasteiger partial charge in [-0.3, -0.25) is 23.7 Å². The van der Waals surface area contributed by atoms with Crippen LogP contribution in [0.1, 0.15) is 39.8 Å². The SMILES string of the molecule is CC(C)OC(=O)[C@H](C)CP(=O)(OC[C@@H]1CC[C@H](n2cnc3c(=O)[nH]c(N)nc32)O1)Oc1cccc2ccccc12. The predicted molar refractivity (Wildman–Crippen MR) is 149 cm³/mol. The lowest BCUT2D eigenvalue weighted by molar-refractivity contribution is -0.151. The summed E-state index contributed by atoms with van der Waals surface area (Å²) in [6.45, 7) is 5.11. The highest BCUT2D eigenvalue weighted by molar-refractivity contribution is 7.54. The van der Waals surface area contributed by atoms with E-state index >= 15 is 0 Å². The largest absolute Gasteiger partial charge is 0.463 e. The Kier molecular flexibility index (Phi) is 7.93. The van der Waals surface area contributed by atoms with Gasteiger partial charge in [0.15, 0.2) is 11.2 Å². The number of carbonyl (C=O) groups is 1. The molecule has 0 radical (unpaired) electrons. The molecule has 12 nitrogen and oxygen atoms in total. The molecule has 0 amide bonds. The van der Waals surface area contributed by atoms with E-state index in [-0.39, 0.29) is 30.3 Å². The fraction of sp³-hybridized carbons (Fsp3) is 0.407. The fourth-order valence-corrected chi connectivity index (χ4v) is 6.57. The number of H-pyrrole nitrogens is 1. The Morgan fingerprint density at radius 1 is 1.20 bits per heavy atom. The van der Waals surface area contributed by atoms with E-state index in [1.807, 2.05) is 36.4 Å². The van der Waals surface area contributed by atoms with Crippen molar-refractivity contribution < 1.29 is 27.9 Å². The van der Waals surface area contributed by atoms with Gasteiger partial charge in [0.1, 0.15) is 12.0 Å². The minimum absolute atomic E-state index is 0.0197.